The highest BCUT2D eigenvalue weighted by atomic mass is 19.1. The van der Waals surface area contributed by atoms with Crippen LogP contribution in [0, 0.1) is 12.7 Å². The summed E-state index contributed by atoms with van der Waals surface area (Å²) in [6.07, 6.45) is 0.0499. The van der Waals surface area contributed by atoms with Crippen LogP contribution < -0.4 is 0 Å². The Kier molecular flexibility index (Phi) is 4.50. The van der Waals surface area contributed by atoms with Gasteiger partial charge in [0.15, 0.2) is 0 Å². The fraction of sp³-hybridized carbons (Fsp3) is 0.500. The molecule has 1 aliphatic heterocycles. The summed E-state index contributed by atoms with van der Waals surface area (Å²) in [5.41, 5.74) is 1.48. The van der Waals surface area contributed by atoms with Crippen molar-refractivity contribution in [3.05, 3.63) is 35.1 Å². The van der Waals surface area contributed by atoms with Crippen molar-refractivity contribution in [3.63, 3.8) is 0 Å². The summed E-state index contributed by atoms with van der Waals surface area (Å²) in [6, 6.07) is 5.00. The number of aryl methyl sites for hydroxylation is 1. The van der Waals surface area contributed by atoms with Crippen molar-refractivity contribution in [1.29, 1.82) is 0 Å². The van der Waals surface area contributed by atoms with E-state index in [1.54, 1.807) is 13.0 Å². The molecule has 1 fully saturated rings. The number of carboxylic acid groups (broad SMARTS) is 1. The van der Waals surface area contributed by atoms with E-state index < -0.39 is 5.97 Å². The lowest BCUT2D eigenvalue weighted by molar-refractivity contribution is -0.140. The molecular formula is C14H18FNO3. The number of halogens is 1. The van der Waals surface area contributed by atoms with Gasteiger partial charge in [-0.15, -0.1) is 0 Å². The molecule has 1 aliphatic rings. The fourth-order valence-electron chi connectivity index (χ4n) is 2.26. The predicted molar refractivity (Wildman–Crippen MR) is 68.4 cm³/mol. The van der Waals surface area contributed by atoms with Crippen LogP contribution in [0.3, 0.4) is 0 Å². The van der Waals surface area contributed by atoms with Gasteiger partial charge < -0.3 is 9.84 Å². The van der Waals surface area contributed by atoms with Crippen molar-refractivity contribution in [2.45, 2.75) is 25.9 Å². The van der Waals surface area contributed by atoms with Gasteiger partial charge in [-0.05, 0) is 24.1 Å². The minimum Gasteiger partial charge on any atom is -0.481 e. The molecule has 104 valence electrons. The molecule has 1 N–H and O–H groups in total. The number of rotatable bonds is 4. The van der Waals surface area contributed by atoms with Gasteiger partial charge in [-0.2, -0.15) is 0 Å². The highest BCUT2D eigenvalue weighted by Crippen LogP contribution is 2.17. The molecule has 0 amide bonds. The summed E-state index contributed by atoms with van der Waals surface area (Å²) >= 11 is 0. The third-order valence-corrected chi connectivity index (χ3v) is 3.38. The zero-order valence-corrected chi connectivity index (χ0v) is 10.9. The molecule has 0 saturated carbocycles. The molecule has 1 atom stereocenters. The number of morpholine rings is 1. The average Bonchev–Trinajstić information content (AvgIpc) is 2.36. The first-order valence-corrected chi connectivity index (χ1v) is 6.35. The van der Waals surface area contributed by atoms with Crippen LogP contribution in [0.2, 0.25) is 0 Å². The fourth-order valence-corrected chi connectivity index (χ4v) is 2.26. The lowest BCUT2D eigenvalue weighted by atomic mass is 10.1. The number of ether oxygens (including phenoxy) is 1. The van der Waals surface area contributed by atoms with Crippen LogP contribution in [0.15, 0.2) is 18.2 Å². The van der Waals surface area contributed by atoms with Gasteiger partial charge in [0.05, 0.1) is 19.6 Å². The van der Waals surface area contributed by atoms with E-state index in [9.17, 15) is 9.18 Å². The van der Waals surface area contributed by atoms with Gasteiger partial charge in [-0.25, -0.2) is 4.39 Å². The SMILES string of the molecule is Cc1ccc(CN2CCOCC2CC(=O)O)cc1F. The van der Waals surface area contributed by atoms with Crippen molar-refractivity contribution in [2.24, 2.45) is 0 Å². The molecule has 0 bridgehead atoms. The summed E-state index contributed by atoms with van der Waals surface area (Å²) in [5.74, 6) is -1.06. The van der Waals surface area contributed by atoms with Crippen LogP contribution in [0.5, 0.6) is 0 Å². The van der Waals surface area contributed by atoms with Crippen LogP contribution >= 0.6 is 0 Å². The normalized spacial score (nSPS) is 20.4. The predicted octanol–water partition coefficient (Wildman–Crippen LogP) is 1.81. The van der Waals surface area contributed by atoms with E-state index in [1.165, 1.54) is 6.07 Å². The topological polar surface area (TPSA) is 49.8 Å². The van der Waals surface area contributed by atoms with Gasteiger partial charge in [0, 0.05) is 19.1 Å². The third kappa shape index (κ3) is 3.75. The second kappa shape index (κ2) is 6.12. The van der Waals surface area contributed by atoms with Gasteiger partial charge in [-0.3, -0.25) is 9.69 Å². The zero-order chi connectivity index (χ0) is 13.8. The molecule has 1 unspecified atom stereocenters. The van der Waals surface area contributed by atoms with Crippen LogP contribution in [0.1, 0.15) is 17.5 Å². The van der Waals surface area contributed by atoms with Crippen LogP contribution in [-0.4, -0.2) is 41.8 Å². The van der Waals surface area contributed by atoms with Crippen molar-refractivity contribution in [1.82, 2.24) is 4.90 Å². The number of benzene rings is 1. The molecule has 19 heavy (non-hydrogen) atoms. The van der Waals surface area contributed by atoms with E-state index in [-0.39, 0.29) is 18.3 Å². The van der Waals surface area contributed by atoms with Gasteiger partial charge in [0.1, 0.15) is 5.82 Å². The molecule has 0 spiro atoms. The summed E-state index contributed by atoms with van der Waals surface area (Å²) in [4.78, 5) is 12.9. The molecule has 0 aliphatic carbocycles. The quantitative estimate of drug-likeness (QED) is 0.904. The Labute approximate surface area is 111 Å². The Balaban J connectivity index is 2.06. The van der Waals surface area contributed by atoms with Crippen molar-refractivity contribution in [3.8, 4) is 0 Å². The maximum atomic E-state index is 13.5. The molecule has 1 heterocycles. The van der Waals surface area contributed by atoms with Crippen LogP contribution in [-0.2, 0) is 16.1 Å². The highest BCUT2D eigenvalue weighted by Gasteiger charge is 2.25. The minimum atomic E-state index is -0.837. The number of hydrogen-bond acceptors (Lipinski definition) is 3. The molecular weight excluding hydrogens is 249 g/mol. The largest absolute Gasteiger partial charge is 0.481 e. The Morgan fingerprint density at radius 2 is 2.37 bits per heavy atom. The molecule has 4 nitrogen and oxygen atoms in total. The lowest BCUT2D eigenvalue weighted by Crippen LogP contribution is -2.45. The Morgan fingerprint density at radius 3 is 3.05 bits per heavy atom. The van der Waals surface area contributed by atoms with E-state index in [0.717, 1.165) is 5.56 Å². The molecule has 0 aromatic heterocycles. The van der Waals surface area contributed by atoms with E-state index in [1.807, 2.05) is 11.0 Å². The monoisotopic (exact) mass is 267 g/mol. The van der Waals surface area contributed by atoms with E-state index in [0.29, 0.717) is 31.9 Å². The van der Waals surface area contributed by atoms with E-state index in [2.05, 4.69) is 0 Å². The second-order valence-electron chi connectivity index (χ2n) is 4.88. The van der Waals surface area contributed by atoms with Gasteiger partial charge >= 0.3 is 5.97 Å². The van der Waals surface area contributed by atoms with Gasteiger partial charge in [0.25, 0.3) is 0 Å². The summed E-state index contributed by atoms with van der Waals surface area (Å²) in [7, 11) is 0. The first-order valence-electron chi connectivity index (χ1n) is 6.35. The number of carbonyl (C=O) groups is 1. The van der Waals surface area contributed by atoms with Crippen molar-refractivity contribution in [2.75, 3.05) is 19.8 Å². The highest BCUT2D eigenvalue weighted by molar-refractivity contribution is 5.67. The van der Waals surface area contributed by atoms with Gasteiger partial charge in [-0.1, -0.05) is 12.1 Å². The molecule has 5 heteroatoms. The number of carboxylic acids is 1. The van der Waals surface area contributed by atoms with E-state index in [4.69, 9.17) is 9.84 Å². The maximum absolute atomic E-state index is 13.5. The lowest BCUT2D eigenvalue weighted by Gasteiger charge is -2.34. The first-order chi connectivity index (χ1) is 9.06. The van der Waals surface area contributed by atoms with Crippen LogP contribution in [0.4, 0.5) is 4.39 Å². The van der Waals surface area contributed by atoms with Crippen LogP contribution in [0.25, 0.3) is 0 Å². The Hall–Kier alpha value is -1.46. The molecule has 1 aromatic carbocycles. The average molecular weight is 267 g/mol. The van der Waals surface area contributed by atoms with Gasteiger partial charge in [0.2, 0.25) is 0 Å². The number of aliphatic carboxylic acids is 1. The second-order valence-corrected chi connectivity index (χ2v) is 4.88. The Morgan fingerprint density at radius 1 is 1.58 bits per heavy atom. The maximum Gasteiger partial charge on any atom is 0.305 e. The third-order valence-electron chi connectivity index (χ3n) is 3.38. The summed E-state index contributed by atoms with van der Waals surface area (Å²) < 4.78 is 18.8. The standard InChI is InChI=1S/C14H18FNO3/c1-10-2-3-11(6-13(10)15)8-16-4-5-19-9-12(16)7-14(17)18/h2-3,6,12H,4-5,7-9H2,1H3,(H,17,18). The zero-order valence-electron chi connectivity index (χ0n) is 10.9. The minimum absolute atomic E-state index is 0.0499. The number of nitrogens with zero attached hydrogens (tertiary/aromatic N) is 1. The smallest absolute Gasteiger partial charge is 0.305 e. The van der Waals surface area contributed by atoms with E-state index >= 15 is 0 Å². The number of hydrogen-bond donors (Lipinski definition) is 1. The molecule has 2 rings (SSSR count). The van der Waals surface area contributed by atoms with Crippen molar-refractivity contribution < 1.29 is 19.0 Å². The molecule has 1 aromatic rings. The first kappa shape index (κ1) is 14.0. The molecule has 1 saturated heterocycles. The molecule has 0 radical (unpaired) electrons. The summed E-state index contributed by atoms with van der Waals surface area (Å²) in [6.45, 7) is 3.96. The van der Waals surface area contributed by atoms with Crippen molar-refractivity contribution >= 4 is 5.97 Å². The summed E-state index contributed by atoms with van der Waals surface area (Å²) in [5, 5.41) is 8.89. The Bertz CT molecular complexity index is 464.